The van der Waals surface area contributed by atoms with E-state index in [2.05, 4.69) is 4.90 Å². The van der Waals surface area contributed by atoms with Crippen molar-refractivity contribution in [3.05, 3.63) is 53.6 Å². The lowest BCUT2D eigenvalue weighted by Crippen LogP contribution is -2.50. The van der Waals surface area contributed by atoms with Gasteiger partial charge in [0, 0.05) is 51.9 Å². The molecule has 1 saturated carbocycles. The summed E-state index contributed by atoms with van der Waals surface area (Å²) in [5.74, 6) is 1.50. The van der Waals surface area contributed by atoms with Gasteiger partial charge in [-0.15, -0.1) is 0 Å². The third kappa shape index (κ3) is 8.16. The van der Waals surface area contributed by atoms with Crippen molar-refractivity contribution in [1.29, 1.82) is 0 Å². The van der Waals surface area contributed by atoms with Gasteiger partial charge in [0.1, 0.15) is 24.3 Å². The average Bonchev–Trinajstić information content (AvgIpc) is 3.88. The number of hydrogen-bond acceptors (Lipinski definition) is 6. The fourth-order valence-corrected chi connectivity index (χ4v) is 6.35. The summed E-state index contributed by atoms with van der Waals surface area (Å²) in [6.07, 6.45) is 2.65. The number of piperazine rings is 1. The maximum atomic E-state index is 13.6. The van der Waals surface area contributed by atoms with E-state index in [1.54, 1.807) is 18.1 Å². The molecule has 1 aliphatic carbocycles. The SMILES string of the molecule is COc1ccc(C(=O)N2CCN(CC(F)CF)CC2)c(N2CCC(COc3cccc(C(CC(=O)O)C4CC4)c3)CC2)c1. The summed E-state index contributed by atoms with van der Waals surface area (Å²) < 4.78 is 37.8. The Hall–Kier alpha value is -3.40. The number of benzene rings is 2. The van der Waals surface area contributed by atoms with Crippen LogP contribution in [0, 0.1) is 11.8 Å². The first kappa shape index (κ1) is 31.0. The largest absolute Gasteiger partial charge is 0.497 e. The Bertz CT molecular complexity index is 1240. The van der Waals surface area contributed by atoms with Crippen molar-refractivity contribution < 1.29 is 33.0 Å². The lowest BCUT2D eigenvalue weighted by molar-refractivity contribution is -0.137. The van der Waals surface area contributed by atoms with Gasteiger partial charge in [0.25, 0.3) is 5.91 Å². The van der Waals surface area contributed by atoms with Crippen LogP contribution in [0.15, 0.2) is 42.5 Å². The number of piperidine rings is 1. The molecule has 8 nitrogen and oxygen atoms in total. The van der Waals surface area contributed by atoms with E-state index in [-0.39, 0.29) is 24.8 Å². The quantitative estimate of drug-likeness (QED) is 0.346. The number of amides is 1. The molecule has 2 aliphatic heterocycles. The molecular formula is C33H43F2N3O5. The second-order valence-corrected chi connectivity index (χ2v) is 12.1. The lowest BCUT2D eigenvalue weighted by atomic mass is 9.91. The first-order valence-electron chi connectivity index (χ1n) is 15.4. The summed E-state index contributed by atoms with van der Waals surface area (Å²) >= 11 is 0. The molecule has 3 aliphatic rings. The number of anilines is 1. The van der Waals surface area contributed by atoms with Crippen LogP contribution in [0.25, 0.3) is 0 Å². The van der Waals surface area contributed by atoms with E-state index < -0.39 is 18.8 Å². The van der Waals surface area contributed by atoms with E-state index in [0.717, 1.165) is 55.8 Å². The number of rotatable bonds is 13. The molecule has 10 heteroatoms. The molecule has 2 aromatic rings. The van der Waals surface area contributed by atoms with E-state index in [9.17, 15) is 23.5 Å². The molecule has 2 heterocycles. The van der Waals surface area contributed by atoms with Crippen LogP contribution in [0.1, 0.15) is 53.9 Å². The second-order valence-electron chi connectivity index (χ2n) is 12.1. The molecule has 43 heavy (non-hydrogen) atoms. The number of ether oxygens (including phenoxy) is 2. The normalized spacial score (nSPS) is 19.6. The molecule has 0 radical (unpaired) electrons. The van der Waals surface area contributed by atoms with Crippen LogP contribution in [0.3, 0.4) is 0 Å². The number of methoxy groups -OCH3 is 1. The Morgan fingerprint density at radius 2 is 1.72 bits per heavy atom. The molecule has 0 aromatic heterocycles. The van der Waals surface area contributed by atoms with Gasteiger partial charge >= 0.3 is 5.97 Å². The van der Waals surface area contributed by atoms with Crippen LogP contribution in [0.4, 0.5) is 14.5 Å². The van der Waals surface area contributed by atoms with Gasteiger partial charge in [-0.3, -0.25) is 14.5 Å². The van der Waals surface area contributed by atoms with Crippen LogP contribution >= 0.6 is 0 Å². The topological polar surface area (TPSA) is 82.5 Å². The zero-order valence-electron chi connectivity index (χ0n) is 24.9. The number of alkyl halides is 2. The van der Waals surface area contributed by atoms with Crippen LogP contribution in [0.2, 0.25) is 0 Å². The third-order valence-electron chi connectivity index (χ3n) is 9.03. The second kappa shape index (κ2) is 14.4. The van der Waals surface area contributed by atoms with Gasteiger partial charge in [-0.1, -0.05) is 12.1 Å². The van der Waals surface area contributed by atoms with Crippen molar-refractivity contribution in [3.63, 3.8) is 0 Å². The van der Waals surface area contributed by atoms with Crippen LogP contribution in [-0.4, -0.2) is 99.2 Å². The standard InChI is InChI=1S/C33H43F2N3O5/c1-42-27-7-8-29(33(41)38-15-13-36(14-16-38)21-26(35)20-34)31(18-27)37-11-9-23(10-12-37)22-43-28-4-2-3-25(17-28)30(19-32(39)40)24-5-6-24/h2-4,7-8,17-18,23-24,26,30H,5-6,9-16,19-22H2,1H3,(H,39,40). The zero-order chi connectivity index (χ0) is 30.3. The monoisotopic (exact) mass is 599 g/mol. The average molecular weight is 600 g/mol. The number of nitrogens with zero attached hydrogens (tertiary/aromatic N) is 3. The van der Waals surface area contributed by atoms with Gasteiger partial charge in [-0.2, -0.15) is 0 Å². The molecule has 0 bridgehead atoms. The highest BCUT2D eigenvalue weighted by Crippen LogP contribution is 2.45. The van der Waals surface area contributed by atoms with E-state index in [1.165, 1.54) is 0 Å². The summed E-state index contributed by atoms with van der Waals surface area (Å²) in [5.41, 5.74) is 2.52. The minimum atomic E-state index is -1.49. The molecule has 0 spiro atoms. The van der Waals surface area contributed by atoms with E-state index in [4.69, 9.17) is 9.47 Å². The Balaban J connectivity index is 1.17. The number of carbonyl (C=O) groups excluding carboxylic acids is 1. The number of hydrogen-bond donors (Lipinski definition) is 1. The Labute approximate surface area is 252 Å². The number of aliphatic carboxylic acids is 1. The smallest absolute Gasteiger partial charge is 0.303 e. The molecule has 2 saturated heterocycles. The maximum absolute atomic E-state index is 13.6. The molecule has 5 rings (SSSR count). The van der Waals surface area contributed by atoms with Crippen molar-refractivity contribution in [1.82, 2.24) is 9.80 Å². The minimum Gasteiger partial charge on any atom is -0.497 e. The highest BCUT2D eigenvalue weighted by molar-refractivity contribution is 6.00. The third-order valence-corrected chi connectivity index (χ3v) is 9.03. The van der Waals surface area contributed by atoms with Gasteiger partial charge in [-0.25, -0.2) is 8.78 Å². The van der Waals surface area contributed by atoms with Crippen molar-refractivity contribution in [3.8, 4) is 11.5 Å². The summed E-state index contributed by atoms with van der Waals surface area (Å²) in [6.45, 7) is 3.20. The van der Waals surface area contributed by atoms with E-state index in [0.29, 0.717) is 55.9 Å². The maximum Gasteiger partial charge on any atom is 0.303 e. The molecule has 2 aromatic carbocycles. The Morgan fingerprint density at radius 1 is 0.977 bits per heavy atom. The first-order chi connectivity index (χ1) is 20.8. The van der Waals surface area contributed by atoms with Crippen LogP contribution < -0.4 is 14.4 Å². The minimum absolute atomic E-state index is 0.0387. The van der Waals surface area contributed by atoms with Gasteiger partial charge < -0.3 is 24.4 Å². The van der Waals surface area contributed by atoms with Crippen molar-refractivity contribution in [2.24, 2.45) is 11.8 Å². The fraction of sp³-hybridized carbons (Fsp3) is 0.576. The lowest BCUT2D eigenvalue weighted by Gasteiger charge is -2.37. The van der Waals surface area contributed by atoms with E-state index >= 15 is 0 Å². The first-order valence-corrected chi connectivity index (χ1v) is 15.4. The zero-order valence-corrected chi connectivity index (χ0v) is 24.9. The summed E-state index contributed by atoms with van der Waals surface area (Å²) in [6, 6.07) is 13.5. The molecular weight excluding hydrogens is 556 g/mol. The van der Waals surface area contributed by atoms with Crippen molar-refractivity contribution in [2.75, 3.05) is 71.1 Å². The highest BCUT2D eigenvalue weighted by Gasteiger charge is 2.34. The number of carboxylic acids is 1. The fourth-order valence-electron chi connectivity index (χ4n) is 6.35. The molecule has 2 atom stereocenters. The van der Waals surface area contributed by atoms with Gasteiger partial charge in [0.2, 0.25) is 0 Å². The summed E-state index contributed by atoms with van der Waals surface area (Å²) in [4.78, 5) is 30.9. The Kier molecular flexibility index (Phi) is 10.4. The number of halogens is 2. The van der Waals surface area contributed by atoms with Gasteiger partial charge in [0.15, 0.2) is 0 Å². The Morgan fingerprint density at radius 3 is 2.37 bits per heavy atom. The van der Waals surface area contributed by atoms with Crippen LogP contribution in [-0.2, 0) is 4.79 Å². The summed E-state index contributed by atoms with van der Waals surface area (Å²) in [5, 5.41) is 9.37. The van der Waals surface area contributed by atoms with Crippen molar-refractivity contribution in [2.45, 2.75) is 44.2 Å². The number of carboxylic acid groups (broad SMARTS) is 1. The molecule has 234 valence electrons. The molecule has 1 amide bonds. The molecule has 1 N–H and O–H groups in total. The predicted octanol–water partition coefficient (Wildman–Crippen LogP) is 5.02. The highest BCUT2D eigenvalue weighted by atomic mass is 19.2. The molecule has 2 unspecified atom stereocenters. The molecule has 3 fully saturated rings. The van der Waals surface area contributed by atoms with Gasteiger partial charge in [0.05, 0.1) is 31.4 Å². The van der Waals surface area contributed by atoms with Crippen LogP contribution in [0.5, 0.6) is 11.5 Å². The number of carbonyl (C=O) groups is 2. The van der Waals surface area contributed by atoms with Gasteiger partial charge in [-0.05, 0) is 73.3 Å². The predicted molar refractivity (Wildman–Crippen MR) is 161 cm³/mol. The van der Waals surface area contributed by atoms with Crippen molar-refractivity contribution >= 4 is 17.6 Å². The summed E-state index contributed by atoms with van der Waals surface area (Å²) in [7, 11) is 1.61. The van der Waals surface area contributed by atoms with E-state index in [1.807, 2.05) is 41.3 Å².